The Hall–Kier alpha value is -12.8. The summed E-state index contributed by atoms with van der Waals surface area (Å²) in [6.45, 7) is 23.8. The number of aromatic nitrogens is 4. The van der Waals surface area contributed by atoms with Gasteiger partial charge in [0.1, 0.15) is 67.3 Å². The molecule has 0 spiro atoms. The van der Waals surface area contributed by atoms with Gasteiger partial charge in [0.15, 0.2) is 0 Å². The molecule has 6 aliphatic rings. The Morgan fingerprint density at radius 3 is 0.823 bits per heavy atom. The van der Waals surface area contributed by atoms with E-state index in [1.165, 1.54) is 92.4 Å². The highest BCUT2D eigenvalue weighted by atomic mass is 32.1. The summed E-state index contributed by atoms with van der Waals surface area (Å²) < 4.78 is 22.9. The van der Waals surface area contributed by atoms with Crippen LogP contribution in [-0.4, -0.2) is 117 Å². The zero-order valence-electron chi connectivity index (χ0n) is 74.9. The Morgan fingerprint density at radius 1 is 0.362 bits per heavy atom. The van der Waals surface area contributed by atoms with Gasteiger partial charge >= 0.3 is 0 Å². The largest absolute Gasteiger partial charge is 0.490 e. The molecule has 130 heavy (non-hydrogen) atoms. The molecule has 0 bridgehead atoms. The summed E-state index contributed by atoms with van der Waals surface area (Å²) >= 11 is 6.47. The normalized spacial score (nSPS) is 16.3. The van der Waals surface area contributed by atoms with Crippen LogP contribution in [0.25, 0.3) is 84.0 Å². The third-order valence-electron chi connectivity index (χ3n) is 23.6. The van der Waals surface area contributed by atoms with E-state index in [1.54, 1.807) is 59.2 Å². The molecule has 22 nitrogen and oxygen atoms in total. The third-order valence-corrected chi connectivity index (χ3v) is 27.9. The molecular formula is C104H106N14O8S4. The van der Waals surface area contributed by atoms with E-state index in [-0.39, 0.29) is 72.2 Å². The summed E-state index contributed by atoms with van der Waals surface area (Å²) in [6.07, 6.45) is 19.8. The molecular weight excluding hydrogens is 1700 g/mol. The topological polar surface area (TPSA) is 307 Å². The molecule has 4 atom stereocenters. The molecule has 6 heterocycles. The van der Waals surface area contributed by atoms with Crippen LogP contribution in [0, 0.1) is 45.3 Å². The molecule has 2 aliphatic heterocycles. The number of carbonyl (C=O) groups excluding carboxylic acids is 4. The van der Waals surface area contributed by atoms with Gasteiger partial charge in [0.05, 0.1) is 103 Å². The molecule has 4 aliphatic carbocycles. The maximum Gasteiger partial charge on any atom is 0.234 e. The first kappa shape index (κ1) is 92.0. The van der Waals surface area contributed by atoms with Crippen molar-refractivity contribution in [2.75, 3.05) is 39.3 Å². The van der Waals surface area contributed by atoms with Crippen LogP contribution in [0.15, 0.2) is 170 Å². The molecule has 0 radical (unpaired) electrons. The van der Waals surface area contributed by atoms with Gasteiger partial charge in [-0.1, -0.05) is 72.8 Å². The van der Waals surface area contributed by atoms with Gasteiger partial charge in [-0.3, -0.25) is 29.0 Å². The van der Waals surface area contributed by atoms with Crippen LogP contribution in [0.1, 0.15) is 212 Å². The molecule has 0 saturated carbocycles. The van der Waals surface area contributed by atoms with E-state index in [4.69, 9.17) is 18.9 Å². The second-order valence-electron chi connectivity index (χ2n) is 34.4. The van der Waals surface area contributed by atoms with Crippen LogP contribution in [0.2, 0.25) is 0 Å². The fourth-order valence-corrected chi connectivity index (χ4v) is 21.8. The minimum absolute atomic E-state index is 0.00322. The number of likely N-dealkylation sites (tertiary alicyclic amines) is 2. The summed E-state index contributed by atoms with van der Waals surface area (Å²) in [7, 11) is 0. The molecule has 8 aromatic carbocycles. The van der Waals surface area contributed by atoms with Crippen molar-refractivity contribution in [3.63, 3.8) is 0 Å². The molecule has 4 N–H and O–H groups in total. The first-order chi connectivity index (χ1) is 62.9. The van der Waals surface area contributed by atoms with Crippen molar-refractivity contribution in [3.8, 4) is 131 Å². The molecule has 4 aromatic heterocycles. The van der Waals surface area contributed by atoms with Gasteiger partial charge in [0.2, 0.25) is 23.6 Å². The highest BCUT2D eigenvalue weighted by Crippen LogP contribution is 2.47. The van der Waals surface area contributed by atoms with Crippen molar-refractivity contribution in [2.45, 2.75) is 195 Å². The predicted octanol–water partition coefficient (Wildman–Crippen LogP) is 21.2. The van der Waals surface area contributed by atoms with E-state index in [0.717, 1.165) is 139 Å². The number of thiazole rings is 4. The number of ether oxygens (including phenoxy) is 4. The van der Waals surface area contributed by atoms with Gasteiger partial charge in [-0.25, -0.2) is 19.9 Å². The number of hydrogen-bond donors (Lipinski definition) is 4. The molecule has 12 aromatic rings. The van der Waals surface area contributed by atoms with E-state index < -0.39 is 0 Å². The zero-order chi connectivity index (χ0) is 91.2. The van der Waals surface area contributed by atoms with Crippen LogP contribution in [0.4, 0.5) is 0 Å². The molecule has 0 unspecified atom stereocenters. The molecule has 18 rings (SSSR count). The van der Waals surface area contributed by atoms with Crippen molar-refractivity contribution >= 4 is 69.0 Å². The number of amides is 4. The standard InChI is InChI=1S/2C28H30N4O2S.2C24H23N3O2S/c2*1-18(2)34-25-11-8-19(14-20(25)15-29)28-30-16-26(35-28)23-7-5-6-22-21(23)9-10-24(22)31-27(33)17-32-12-3-4-13-32;2*1-14(2)29-22-10-7-16(11-17(22)12-25)24-26-13-23(30-24)20-6-4-5-19-18(20)8-9-21(19)27-15(3)28/h2*5-8,11,14,16,18,24H,3-4,9-10,12-13,17H2,1-2H3,(H,31,33);2*4-7,10-11,13-14,21H,8-9H2,1-3H3,(H,27,28)/t2*24-;2*21-/m1010/s1. The zero-order valence-corrected chi connectivity index (χ0v) is 78.1. The van der Waals surface area contributed by atoms with E-state index in [2.05, 4.69) is 136 Å². The smallest absolute Gasteiger partial charge is 0.234 e. The number of nitrogens with one attached hydrogen (secondary N) is 4. The van der Waals surface area contributed by atoms with E-state index in [9.17, 15) is 40.2 Å². The maximum absolute atomic E-state index is 12.6. The SMILES string of the molecule is CC(=O)N[C@@H]1CCc2c(-c3cnc(-c4ccc(OC(C)C)c(C#N)c4)s3)cccc21.CC(=O)N[C@H]1CCc2c(-c3cnc(-c4ccc(OC(C)C)c(C#N)c4)s3)cccc21.CC(C)Oc1ccc(-c2ncc(-c3cccc4c3CC[C@@H]4NC(=O)CN3CCCC3)s2)cc1C#N.CC(C)Oc1ccc(-c2ncc(-c3cccc4c3CC[C@H]4NC(=O)CN3CCCC3)s2)cc1C#N. The second kappa shape index (κ2) is 42.2. The van der Waals surface area contributed by atoms with E-state index >= 15 is 0 Å². The quantitative estimate of drug-likeness (QED) is 0.0437. The van der Waals surface area contributed by atoms with E-state index in [1.807, 2.05) is 165 Å². The Kier molecular flexibility index (Phi) is 29.9. The van der Waals surface area contributed by atoms with Gasteiger partial charge in [-0.05, 0) is 298 Å². The fourth-order valence-electron chi connectivity index (χ4n) is 18.0. The number of benzene rings is 8. The molecule has 2 fully saturated rings. The highest BCUT2D eigenvalue weighted by Gasteiger charge is 2.33. The first-order valence-electron chi connectivity index (χ1n) is 44.7. The van der Waals surface area contributed by atoms with Crippen molar-refractivity contribution < 1.29 is 38.1 Å². The number of carbonyl (C=O) groups is 4. The van der Waals surface area contributed by atoms with Crippen molar-refractivity contribution in [2.24, 2.45) is 0 Å². The van der Waals surface area contributed by atoms with Gasteiger partial charge in [0, 0.05) is 60.9 Å². The minimum atomic E-state index is -0.00322. The number of fused-ring (bicyclic) bond motifs is 4. The lowest BCUT2D eigenvalue weighted by Crippen LogP contribution is -2.37. The average Bonchev–Trinajstić information content (AvgIpc) is 1.64. The minimum Gasteiger partial charge on any atom is -0.490 e. The molecule has 4 amide bonds. The molecule has 2 saturated heterocycles. The fraction of sp³-hybridized carbons (Fsp3) is 0.346. The van der Waals surface area contributed by atoms with E-state index in [0.29, 0.717) is 58.3 Å². The van der Waals surface area contributed by atoms with Gasteiger partial charge < -0.3 is 40.2 Å². The highest BCUT2D eigenvalue weighted by molar-refractivity contribution is 7.19. The lowest BCUT2D eigenvalue weighted by Gasteiger charge is -2.18. The van der Waals surface area contributed by atoms with Crippen molar-refractivity contribution in [1.82, 2.24) is 51.0 Å². The summed E-state index contributed by atoms with van der Waals surface area (Å²) in [5, 5.41) is 54.3. The summed E-state index contributed by atoms with van der Waals surface area (Å²) in [5.41, 5.74) is 20.4. The number of nitrogens with zero attached hydrogens (tertiary/aromatic N) is 10. The summed E-state index contributed by atoms with van der Waals surface area (Å²) in [6, 6.07) is 57.0. The van der Waals surface area contributed by atoms with Gasteiger partial charge in [-0.2, -0.15) is 21.0 Å². The Morgan fingerprint density at radius 2 is 0.600 bits per heavy atom. The van der Waals surface area contributed by atoms with Crippen LogP contribution < -0.4 is 40.2 Å². The lowest BCUT2D eigenvalue weighted by molar-refractivity contribution is -0.123. The summed E-state index contributed by atoms with van der Waals surface area (Å²) in [4.78, 5) is 75.7. The van der Waals surface area contributed by atoms with Crippen LogP contribution in [0.5, 0.6) is 23.0 Å². The number of hydrogen-bond acceptors (Lipinski definition) is 22. The van der Waals surface area contributed by atoms with Crippen molar-refractivity contribution in [3.05, 3.63) is 237 Å². The first-order valence-corrected chi connectivity index (χ1v) is 48.0. The van der Waals surface area contributed by atoms with Gasteiger partial charge in [0.25, 0.3) is 0 Å². The summed E-state index contributed by atoms with van der Waals surface area (Å²) in [5.74, 6) is 2.62. The average molecular weight is 1810 g/mol. The number of rotatable bonds is 24. The van der Waals surface area contributed by atoms with Crippen LogP contribution >= 0.6 is 45.3 Å². The third kappa shape index (κ3) is 22.0. The molecule has 26 heteroatoms. The maximum atomic E-state index is 12.6. The lowest BCUT2D eigenvalue weighted by atomic mass is 10.0. The van der Waals surface area contributed by atoms with Crippen LogP contribution in [0.3, 0.4) is 0 Å². The van der Waals surface area contributed by atoms with Gasteiger partial charge in [-0.15, -0.1) is 45.3 Å². The number of nitriles is 4. The molecule has 664 valence electrons. The van der Waals surface area contributed by atoms with Crippen molar-refractivity contribution in [1.29, 1.82) is 21.0 Å². The van der Waals surface area contributed by atoms with Crippen LogP contribution in [-0.2, 0) is 44.9 Å². The second-order valence-corrected chi connectivity index (χ2v) is 38.6. The predicted molar refractivity (Wildman–Crippen MR) is 513 cm³/mol. The Labute approximate surface area is 776 Å². The Bertz CT molecular complexity index is 5960. The monoisotopic (exact) mass is 1810 g/mol. The Balaban J connectivity index is 0.000000133.